The Morgan fingerprint density at radius 2 is 1.81 bits per heavy atom. The van der Waals surface area contributed by atoms with E-state index in [0.29, 0.717) is 5.69 Å². The van der Waals surface area contributed by atoms with Crippen molar-refractivity contribution in [1.82, 2.24) is 9.80 Å². The number of hydrogen-bond acceptors (Lipinski definition) is 5. The Morgan fingerprint density at radius 3 is 2.50 bits per heavy atom. The van der Waals surface area contributed by atoms with Crippen molar-refractivity contribution in [2.24, 2.45) is 0 Å². The number of carbonyl (C=O) groups excluding carboxylic acids is 2. The quantitative estimate of drug-likeness (QED) is 0.695. The number of hydrogen-bond donors (Lipinski definition) is 0. The Labute approximate surface area is 165 Å². The molecule has 1 unspecified atom stereocenters. The van der Waals surface area contributed by atoms with Crippen molar-refractivity contribution >= 4 is 44.8 Å². The van der Waals surface area contributed by atoms with Gasteiger partial charge >= 0.3 is 0 Å². The van der Waals surface area contributed by atoms with Crippen molar-refractivity contribution in [2.75, 3.05) is 31.1 Å². The van der Waals surface area contributed by atoms with E-state index in [4.69, 9.17) is 0 Å². The van der Waals surface area contributed by atoms with E-state index in [2.05, 4.69) is 43.2 Å². The van der Waals surface area contributed by atoms with Crippen LogP contribution >= 0.6 is 27.3 Å². The van der Waals surface area contributed by atoms with Gasteiger partial charge in [-0.15, -0.1) is 11.3 Å². The normalized spacial score (nSPS) is 22.3. The number of nitrogens with zero attached hydrogens (tertiary/aromatic N) is 3. The molecule has 26 heavy (non-hydrogen) atoms. The van der Waals surface area contributed by atoms with E-state index in [1.54, 1.807) is 17.4 Å². The van der Waals surface area contributed by atoms with Crippen molar-refractivity contribution in [3.05, 3.63) is 51.1 Å². The van der Waals surface area contributed by atoms with Gasteiger partial charge in [0.15, 0.2) is 0 Å². The van der Waals surface area contributed by atoms with Gasteiger partial charge in [0.05, 0.1) is 18.2 Å². The third-order valence-electron chi connectivity index (χ3n) is 5.02. The molecule has 2 aliphatic heterocycles. The average molecular weight is 434 g/mol. The molecule has 2 fully saturated rings. The third kappa shape index (κ3) is 3.49. The first kappa shape index (κ1) is 17.9. The third-order valence-corrected chi connectivity index (χ3v) is 6.56. The molecule has 0 aliphatic carbocycles. The van der Waals surface area contributed by atoms with Crippen molar-refractivity contribution in [3.8, 4) is 0 Å². The van der Waals surface area contributed by atoms with E-state index in [1.165, 1.54) is 9.78 Å². The molecule has 2 aliphatic rings. The fraction of sp³-hybridized carbons (Fsp3) is 0.368. The highest BCUT2D eigenvalue weighted by atomic mass is 79.9. The summed E-state index contributed by atoms with van der Waals surface area (Å²) >= 11 is 5.23. The predicted molar refractivity (Wildman–Crippen MR) is 106 cm³/mol. The van der Waals surface area contributed by atoms with Gasteiger partial charge in [-0.1, -0.05) is 18.2 Å². The lowest BCUT2D eigenvalue weighted by Gasteiger charge is -2.36. The number of piperazine rings is 1. The van der Waals surface area contributed by atoms with Crippen LogP contribution in [0.1, 0.15) is 11.3 Å². The van der Waals surface area contributed by atoms with Crippen LogP contribution in [0.4, 0.5) is 5.69 Å². The predicted octanol–water partition coefficient (Wildman–Crippen LogP) is 2.96. The minimum atomic E-state index is -0.335. The summed E-state index contributed by atoms with van der Waals surface area (Å²) < 4.78 is 0.767. The number of carbonyl (C=O) groups is 2. The number of halogens is 1. The van der Waals surface area contributed by atoms with Crippen molar-refractivity contribution in [3.63, 3.8) is 0 Å². The second-order valence-electron chi connectivity index (χ2n) is 6.63. The van der Waals surface area contributed by atoms with Gasteiger partial charge < -0.3 is 0 Å². The van der Waals surface area contributed by atoms with Gasteiger partial charge in [0.1, 0.15) is 0 Å². The Morgan fingerprint density at radius 1 is 1.04 bits per heavy atom. The molecule has 4 rings (SSSR count). The Hall–Kier alpha value is -1.54. The summed E-state index contributed by atoms with van der Waals surface area (Å²) in [6, 6.07) is 11.3. The molecule has 2 saturated heterocycles. The van der Waals surface area contributed by atoms with E-state index in [-0.39, 0.29) is 24.3 Å². The molecule has 2 amide bonds. The molecule has 1 aromatic carbocycles. The van der Waals surface area contributed by atoms with Crippen LogP contribution in [0.5, 0.6) is 0 Å². The Kier molecular flexibility index (Phi) is 5.22. The number of thiophene rings is 1. The van der Waals surface area contributed by atoms with Crippen LogP contribution in [0.25, 0.3) is 0 Å². The lowest BCUT2D eigenvalue weighted by molar-refractivity contribution is -0.123. The van der Waals surface area contributed by atoms with Gasteiger partial charge in [-0.05, 0) is 39.5 Å². The first-order chi connectivity index (χ1) is 12.6. The summed E-state index contributed by atoms with van der Waals surface area (Å²) in [5.74, 6) is -0.221. The molecule has 5 nitrogen and oxygen atoms in total. The average Bonchev–Trinajstić information content (AvgIpc) is 3.25. The summed E-state index contributed by atoms with van der Waals surface area (Å²) in [5, 5.41) is 2.10. The smallest absolute Gasteiger partial charge is 0.251 e. The van der Waals surface area contributed by atoms with E-state index in [0.717, 1.165) is 37.2 Å². The van der Waals surface area contributed by atoms with Crippen LogP contribution in [0, 0.1) is 0 Å². The largest absolute Gasteiger partial charge is 0.296 e. The van der Waals surface area contributed by atoms with Gasteiger partial charge in [0.25, 0.3) is 5.91 Å². The minimum Gasteiger partial charge on any atom is -0.296 e. The standard InChI is InChI=1S/C19H20BrN3O2S/c20-15-5-1-2-6-16(15)23-18(24)12-17(19(23)25)22-9-7-21(8-10-22)13-14-4-3-11-26-14/h1-6,11,17H,7-10,12-13H2. The van der Waals surface area contributed by atoms with Crippen LogP contribution in [0.3, 0.4) is 0 Å². The maximum atomic E-state index is 12.9. The number of benzene rings is 1. The monoisotopic (exact) mass is 433 g/mol. The SMILES string of the molecule is O=C1CC(N2CCN(Cc3cccs3)CC2)C(=O)N1c1ccccc1Br. The van der Waals surface area contributed by atoms with Crippen LogP contribution in [0.2, 0.25) is 0 Å². The summed E-state index contributed by atoms with van der Waals surface area (Å²) in [7, 11) is 0. The van der Waals surface area contributed by atoms with Crippen molar-refractivity contribution < 1.29 is 9.59 Å². The summed E-state index contributed by atoms with van der Waals surface area (Å²) in [4.78, 5) is 32.7. The molecule has 1 atom stereocenters. The van der Waals surface area contributed by atoms with Crippen molar-refractivity contribution in [2.45, 2.75) is 19.0 Å². The minimum absolute atomic E-state index is 0.103. The highest BCUT2D eigenvalue weighted by molar-refractivity contribution is 9.10. The molecular weight excluding hydrogens is 414 g/mol. The summed E-state index contributed by atoms with van der Waals surface area (Å²) in [6.07, 6.45) is 0.269. The number of para-hydroxylation sites is 1. The van der Waals surface area contributed by atoms with Gasteiger partial charge in [-0.3, -0.25) is 19.4 Å². The summed E-state index contributed by atoms with van der Waals surface area (Å²) in [6.45, 7) is 4.44. The highest BCUT2D eigenvalue weighted by Crippen LogP contribution is 2.31. The number of imide groups is 1. The van der Waals surface area contributed by atoms with Crippen LogP contribution < -0.4 is 4.90 Å². The van der Waals surface area contributed by atoms with Crippen LogP contribution in [-0.2, 0) is 16.1 Å². The van der Waals surface area contributed by atoms with Crippen LogP contribution in [0.15, 0.2) is 46.3 Å². The zero-order valence-corrected chi connectivity index (χ0v) is 16.7. The van der Waals surface area contributed by atoms with Crippen molar-refractivity contribution in [1.29, 1.82) is 0 Å². The molecule has 7 heteroatoms. The molecule has 1 aromatic heterocycles. The molecule has 136 valence electrons. The van der Waals surface area contributed by atoms with E-state index < -0.39 is 0 Å². The van der Waals surface area contributed by atoms with E-state index >= 15 is 0 Å². The highest BCUT2D eigenvalue weighted by Gasteiger charge is 2.43. The lowest BCUT2D eigenvalue weighted by Crippen LogP contribution is -2.52. The first-order valence-electron chi connectivity index (χ1n) is 8.73. The molecule has 0 N–H and O–H groups in total. The van der Waals surface area contributed by atoms with Gasteiger partial charge in [0, 0.05) is 42.1 Å². The lowest BCUT2D eigenvalue weighted by atomic mass is 10.1. The van der Waals surface area contributed by atoms with E-state index in [9.17, 15) is 9.59 Å². The Balaban J connectivity index is 1.41. The topological polar surface area (TPSA) is 43.9 Å². The number of rotatable bonds is 4. The zero-order chi connectivity index (χ0) is 18.1. The molecule has 0 saturated carbocycles. The molecule has 0 spiro atoms. The summed E-state index contributed by atoms with van der Waals surface area (Å²) in [5.41, 5.74) is 0.640. The number of anilines is 1. The Bertz CT molecular complexity index is 803. The molecule has 3 heterocycles. The zero-order valence-electron chi connectivity index (χ0n) is 14.3. The second kappa shape index (κ2) is 7.60. The molecule has 2 aromatic rings. The fourth-order valence-corrected chi connectivity index (χ4v) is 4.85. The first-order valence-corrected chi connectivity index (χ1v) is 10.4. The second-order valence-corrected chi connectivity index (χ2v) is 8.52. The van der Waals surface area contributed by atoms with Gasteiger partial charge in [-0.25, -0.2) is 4.90 Å². The maximum absolute atomic E-state index is 12.9. The van der Waals surface area contributed by atoms with Gasteiger partial charge in [-0.2, -0.15) is 0 Å². The molecule has 0 radical (unpaired) electrons. The molecular formula is C19H20BrN3O2S. The molecule has 0 bridgehead atoms. The van der Waals surface area contributed by atoms with Crippen LogP contribution in [-0.4, -0.2) is 53.8 Å². The fourth-order valence-electron chi connectivity index (χ4n) is 3.64. The van der Waals surface area contributed by atoms with E-state index in [1.807, 2.05) is 18.2 Å². The maximum Gasteiger partial charge on any atom is 0.251 e. The van der Waals surface area contributed by atoms with Gasteiger partial charge in [0.2, 0.25) is 5.91 Å². The number of amides is 2.